The number of nitrogens with one attached hydrogen (secondary N) is 1. The summed E-state index contributed by atoms with van der Waals surface area (Å²) < 4.78 is 33.3. The SMILES string of the molecule is O=C(COC(=O)c1ccc(Cl)c(S(=O)(=O)N2CCc3ccccc32)c1)NC1CCCc2ccccc21. The van der Waals surface area contributed by atoms with E-state index in [-0.39, 0.29) is 28.1 Å². The van der Waals surface area contributed by atoms with Crippen LogP contribution in [0.25, 0.3) is 0 Å². The number of nitrogens with zero attached hydrogens (tertiary/aromatic N) is 1. The zero-order valence-corrected chi connectivity index (χ0v) is 21.0. The van der Waals surface area contributed by atoms with E-state index in [0.717, 1.165) is 30.4 Å². The van der Waals surface area contributed by atoms with E-state index in [1.54, 1.807) is 12.1 Å². The summed E-state index contributed by atoms with van der Waals surface area (Å²) in [6.07, 6.45) is 3.34. The van der Waals surface area contributed by atoms with Crippen LogP contribution in [0, 0.1) is 0 Å². The number of carbonyl (C=O) groups is 2. The summed E-state index contributed by atoms with van der Waals surface area (Å²) >= 11 is 6.25. The summed E-state index contributed by atoms with van der Waals surface area (Å²) in [4.78, 5) is 25.0. The van der Waals surface area contributed by atoms with Crippen LogP contribution in [0.4, 0.5) is 5.69 Å². The van der Waals surface area contributed by atoms with E-state index >= 15 is 0 Å². The monoisotopic (exact) mass is 524 g/mol. The summed E-state index contributed by atoms with van der Waals surface area (Å²) in [6, 6.07) is 19.1. The minimum absolute atomic E-state index is 0.00118. The first-order valence-corrected chi connectivity index (χ1v) is 13.6. The Morgan fingerprint density at radius 2 is 1.75 bits per heavy atom. The first-order chi connectivity index (χ1) is 17.3. The van der Waals surface area contributed by atoms with E-state index in [2.05, 4.69) is 11.4 Å². The molecule has 1 N–H and O–H groups in total. The molecule has 0 radical (unpaired) electrons. The highest BCUT2D eigenvalue weighted by Gasteiger charge is 2.33. The van der Waals surface area contributed by atoms with Crippen LogP contribution in [-0.4, -0.2) is 33.4 Å². The lowest BCUT2D eigenvalue weighted by Crippen LogP contribution is -2.34. The molecule has 9 heteroatoms. The lowest BCUT2D eigenvalue weighted by atomic mass is 9.88. The van der Waals surface area contributed by atoms with Gasteiger partial charge in [0, 0.05) is 6.54 Å². The molecule has 3 aromatic carbocycles. The van der Waals surface area contributed by atoms with Gasteiger partial charge in [0.05, 0.1) is 22.3 Å². The normalized spacial score (nSPS) is 16.7. The van der Waals surface area contributed by atoms with Crippen molar-refractivity contribution < 1.29 is 22.7 Å². The fraction of sp³-hybridized carbons (Fsp3) is 0.259. The maximum Gasteiger partial charge on any atom is 0.338 e. The predicted molar refractivity (Wildman–Crippen MR) is 137 cm³/mol. The number of anilines is 1. The summed E-state index contributed by atoms with van der Waals surface area (Å²) in [5.41, 5.74) is 3.82. The van der Waals surface area contributed by atoms with Crippen LogP contribution in [0.3, 0.4) is 0 Å². The van der Waals surface area contributed by atoms with Gasteiger partial charge in [-0.1, -0.05) is 54.1 Å². The first-order valence-electron chi connectivity index (χ1n) is 11.8. The second-order valence-corrected chi connectivity index (χ2v) is 11.1. The van der Waals surface area contributed by atoms with Crippen molar-refractivity contribution in [1.29, 1.82) is 0 Å². The highest BCUT2D eigenvalue weighted by molar-refractivity contribution is 7.93. The molecule has 1 aliphatic heterocycles. The fourth-order valence-corrected chi connectivity index (χ4v) is 6.87. The summed E-state index contributed by atoms with van der Waals surface area (Å²) in [5.74, 6) is -1.22. The molecule has 186 valence electrons. The molecule has 0 fully saturated rings. The molecule has 2 aliphatic rings. The third-order valence-electron chi connectivity index (χ3n) is 6.62. The number of amides is 1. The maximum atomic E-state index is 13.4. The molecule has 0 spiro atoms. The molecule has 0 aromatic heterocycles. The predicted octanol–water partition coefficient (Wildman–Crippen LogP) is 4.44. The average Bonchev–Trinajstić information content (AvgIpc) is 3.33. The van der Waals surface area contributed by atoms with Crippen LogP contribution < -0.4 is 9.62 Å². The van der Waals surface area contributed by atoms with Crippen molar-refractivity contribution in [2.24, 2.45) is 0 Å². The molecule has 1 unspecified atom stereocenters. The molecular weight excluding hydrogens is 500 g/mol. The zero-order valence-electron chi connectivity index (χ0n) is 19.4. The van der Waals surface area contributed by atoms with E-state index < -0.39 is 28.5 Å². The number of para-hydroxylation sites is 1. The van der Waals surface area contributed by atoms with E-state index in [4.69, 9.17) is 16.3 Å². The van der Waals surface area contributed by atoms with Crippen molar-refractivity contribution in [2.75, 3.05) is 17.5 Å². The molecule has 0 saturated heterocycles. The van der Waals surface area contributed by atoms with Gasteiger partial charge in [-0.15, -0.1) is 0 Å². The summed E-state index contributed by atoms with van der Waals surface area (Å²) in [7, 11) is -4.00. The van der Waals surface area contributed by atoms with Gasteiger partial charge in [-0.05, 0) is 66.6 Å². The van der Waals surface area contributed by atoms with E-state index in [9.17, 15) is 18.0 Å². The lowest BCUT2D eigenvalue weighted by Gasteiger charge is -2.26. The Morgan fingerprint density at radius 1 is 1.00 bits per heavy atom. The quantitative estimate of drug-likeness (QED) is 0.481. The standard InChI is InChI=1S/C27H25ClN2O5S/c28-22-13-12-20(16-25(22)36(33,34)30-15-14-19-7-2-4-11-24(19)30)27(32)35-17-26(31)29-23-10-5-8-18-6-1-3-9-21(18)23/h1-4,6-7,9,11-13,16,23H,5,8,10,14-15,17H2,(H,29,31). The number of ether oxygens (including phenoxy) is 1. The Labute approximate surface area is 215 Å². The number of fused-ring (bicyclic) bond motifs is 2. The number of aryl methyl sites for hydroxylation is 1. The van der Waals surface area contributed by atoms with Gasteiger partial charge in [-0.3, -0.25) is 9.10 Å². The van der Waals surface area contributed by atoms with Gasteiger partial charge in [0.1, 0.15) is 4.90 Å². The topological polar surface area (TPSA) is 92.8 Å². The van der Waals surface area contributed by atoms with Gasteiger partial charge >= 0.3 is 5.97 Å². The molecular formula is C27H25ClN2O5S. The minimum atomic E-state index is -4.00. The van der Waals surface area contributed by atoms with Gasteiger partial charge in [0.15, 0.2) is 6.61 Å². The Bertz CT molecular complexity index is 1440. The Morgan fingerprint density at radius 3 is 2.58 bits per heavy atom. The number of carbonyl (C=O) groups excluding carboxylic acids is 2. The highest BCUT2D eigenvalue weighted by atomic mass is 35.5. The molecule has 0 saturated carbocycles. The van der Waals surface area contributed by atoms with Gasteiger partial charge in [-0.2, -0.15) is 0 Å². The molecule has 36 heavy (non-hydrogen) atoms. The van der Waals surface area contributed by atoms with Crippen LogP contribution in [-0.2, 0) is 32.4 Å². The van der Waals surface area contributed by atoms with Gasteiger partial charge in [-0.25, -0.2) is 13.2 Å². The Balaban J connectivity index is 1.27. The van der Waals surface area contributed by atoms with Crippen LogP contribution in [0.5, 0.6) is 0 Å². The molecule has 1 aliphatic carbocycles. The number of hydrogen-bond acceptors (Lipinski definition) is 5. The smallest absolute Gasteiger partial charge is 0.338 e. The van der Waals surface area contributed by atoms with Crippen molar-refractivity contribution in [3.05, 3.63) is 94.0 Å². The maximum absolute atomic E-state index is 13.4. The zero-order chi connectivity index (χ0) is 25.3. The lowest BCUT2D eigenvalue weighted by molar-refractivity contribution is -0.125. The number of benzene rings is 3. The summed E-state index contributed by atoms with van der Waals surface area (Å²) in [6.45, 7) is -0.182. The summed E-state index contributed by atoms with van der Waals surface area (Å²) in [5, 5.41) is 2.94. The van der Waals surface area contributed by atoms with E-state index in [1.165, 1.54) is 28.1 Å². The number of halogens is 1. The van der Waals surface area contributed by atoms with Crippen molar-refractivity contribution in [1.82, 2.24) is 5.32 Å². The van der Waals surface area contributed by atoms with Gasteiger partial charge in [0.25, 0.3) is 15.9 Å². The van der Waals surface area contributed by atoms with Crippen LogP contribution >= 0.6 is 11.6 Å². The highest BCUT2D eigenvalue weighted by Crippen LogP contribution is 2.35. The molecule has 7 nitrogen and oxygen atoms in total. The molecule has 1 amide bonds. The minimum Gasteiger partial charge on any atom is -0.452 e. The fourth-order valence-electron chi connectivity index (χ4n) is 4.86. The van der Waals surface area contributed by atoms with Crippen LogP contribution in [0.15, 0.2) is 71.6 Å². The van der Waals surface area contributed by atoms with Crippen molar-refractivity contribution in [2.45, 2.75) is 36.6 Å². The third-order valence-corrected chi connectivity index (χ3v) is 8.91. The van der Waals surface area contributed by atoms with Gasteiger partial charge < -0.3 is 10.1 Å². The first kappa shape index (κ1) is 24.3. The molecule has 0 bridgehead atoms. The molecule has 3 aromatic rings. The van der Waals surface area contributed by atoms with Crippen molar-refractivity contribution >= 4 is 39.2 Å². The number of sulfonamides is 1. The molecule has 1 atom stereocenters. The number of esters is 1. The Hall–Kier alpha value is -3.36. The largest absolute Gasteiger partial charge is 0.452 e. The van der Waals surface area contributed by atoms with E-state index in [0.29, 0.717) is 12.1 Å². The van der Waals surface area contributed by atoms with E-state index in [1.807, 2.05) is 30.3 Å². The van der Waals surface area contributed by atoms with Crippen molar-refractivity contribution in [3.8, 4) is 0 Å². The Kier molecular flexibility index (Phi) is 6.73. The van der Waals surface area contributed by atoms with Crippen LogP contribution in [0.1, 0.15) is 45.9 Å². The molecule has 1 heterocycles. The average molecular weight is 525 g/mol. The van der Waals surface area contributed by atoms with Crippen molar-refractivity contribution in [3.63, 3.8) is 0 Å². The van der Waals surface area contributed by atoms with Crippen LogP contribution in [0.2, 0.25) is 5.02 Å². The number of rotatable bonds is 6. The molecule has 5 rings (SSSR count). The second kappa shape index (κ2) is 9.95. The number of hydrogen-bond donors (Lipinski definition) is 1. The second-order valence-electron chi connectivity index (χ2n) is 8.89. The third kappa shape index (κ3) is 4.70. The van der Waals surface area contributed by atoms with Gasteiger partial charge in [0.2, 0.25) is 0 Å².